The molecule has 0 aliphatic carbocycles. The monoisotopic (exact) mass is 409 g/mol. The second kappa shape index (κ2) is 10.9. The molecule has 0 spiro atoms. The van der Waals surface area contributed by atoms with Gasteiger partial charge in [0.15, 0.2) is 0 Å². The summed E-state index contributed by atoms with van der Waals surface area (Å²) >= 11 is 13.8. The van der Waals surface area contributed by atoms with Gasteiger partial charge in [0, 0.05) is 22.3 Å². The fraction of sp³-hybridized carbons (Fsp3) is 0.381. The number of rotatable bonds is 9. The van der Waals surface area contributed by atoms with Crippen LogP contribution >= 0.6 is 35.0 Å². The highest BCUT2D eigenvalue weighted by Crippen LogP contribution is 2.28. The first-order valence-electron chi connectivity index (χ1n) is 8.83. The number of carbonyl (C=O) groups is 1. The highest BCUT2D eigenvalue weighted by molar-refractivity contribution is 7.99. The number of amides is 1. The molecule has 0 fully saturated rings. The topological polar surface area (TPSA) is 29.1 Å². The molecule has 0 aromatic heterocycles. The standard InChI is InChI=1S/C21H25Cl2NOS/c1-15(2)17-10-8-16(9-11-17)5-4-12-24-21(25)14-26-13-18-19(22)6-3-7-20(18)23/h3,6-11,15H,4-5,12-14H2,1-2H3,(H,24,25). The zero-order chi connectivity index (χ0) is 18.9. The van der Waals surface area contributed by atoms with Crippen molar-refractivity contribution >= 4 is 40.9 Å². The Hall–Kier alpha value is -1.16. The van der Waals surface area contributed by atoms with Gasteiger partial charge in [-0.2, -0.15) is 0 Å². The Bertz CT molecular complexity index is 696. The van der Waals surface area contributed by atoms with Crippen LogP contribution in [-0.2, 0) is 17.0 Å². The second-order valence-corrected chi connectivity index (χ2v) is 8.34. The number of halogens is 2. The van der Waals surface area contributed by atoms with Gasteiger partial charge in [-0.3, -0.25) is 4.79 Å². The van der Waals surface area contributed by atoms with Gasteiger partial charge in [0.25, 0.3) is 0 Å². The van der Waals surface area contributed by atoms with Gasteiger partial charge in [0.1, 0.15) is 0 Å². The van der Waals surface area contributed by atoms with E-state index in [9.17, 15) is 4.79 Å². The Kier molecular flexibility index (Phi) is 8.83. The molecule has 26 heavy (non-hydrogen) atoms. The third-order valence-electron chi connectivity index (χ3n) is 4.15. The quantitative estimate of drug-likeness (QED) is 0.506. The number of thioether (sulfide) groups is 1. The van der Waals surface area contributed by atoms with Crippen molar-refractivity contribution in [3.63, 3.8) is 0 Å². The van der Waals surface area contributed by atoms with E-state index < -0.39 is 0 Å². The van der Waals surface area contributed by atoms with Gasteiger partial charge in [-0.25, -0.2) is 0 Å². The lowest BCUT2D eigenvalue weighted by molar-refractivity contribution is -0.118. The fourth-order valence-corrected chi connectivity index (χ4v) is 4.15. The summed E-state index contributed by atoms with van der Waals surface area (Å²) in [6.07, 6.45) is 1.91. The number of hydrogen-bond donors (Lipinski definition) is 1. The number of nitrogens with one attached hydrogen (secondary N) is 1. The van der Waals surface area contributed by atoms with E-state index in [-0.39, 0.29) is 5.91 Å². The predicted molar refractivity (Wildman–Crippen MR) is 114 cm³/mol. The molecule has 140 valence electrons. The Morgan fingerprint density at radius 3 is 2.35 bits per heavy atom. The van der Waals surface area contributed by atoms with Crippen molar-refractivity contribution in [2.24, 2.45) is 0 Å². The summed E-state index contributed by atoms with van der Waals surface area (Å²) in [6, 6.07) is 14.2. The molecular formula is C21H25Cl2NOS. The van der Waals surface area contributed by atoms with Crippen LogP contribution in [0.3, 0.4) is 0 Å². The zero-order valence-electron chi connectivity index (χ0n) is 15.2. The van der Waals surface area contributed by atoms with Crippen LogP contribution in [0.15, 0.2) is 42.5 Å². The van der Waals surface area contributed by atoms with Gasteiger partial charge in [0.2, 0.25) is 5.91 Å². The molecule has 0 heterocycles. The van der Waals surface area contributed by atoms with Crippen molar-refractivity contribution in [2.45, 2.75) is 38.4 Å². The Morgan fingerprint density at radius 2 is 1.73 bits per heavy atom. The van der Waals surface area contributed by atoms with Gasteiger partial charge in [0.05, 0.1) is 5.75 Å². The molecule has 0 atom stereocenters. The fourth-order valence-electron chi connectivity index (χ4n) is 2.56. The summed E-state index contributed by atoms with van der Waals surface area (Å²) in [7, 11) is 0. The van der Waals surface area contributed by atoms with Crippen LogP contribution in [0.2, 0.25) is 10.0 Å². The van der Waals surface area contributed by atoms with E-state index in [1.165, 1.54) is 22.9 Å². The lowest BCUT2D eigenvalue weighted by Gasteiger charge is -2.08. The van der Waals surface area contributed by atoms with Crippen molar-refractivity contribution in [3.8, 4) is 0 Å². The summed E-state index contributed by atoms with van der Waals surface area (Å²) in [5.74, 6) is 1.65. The summed E-state index contributed by atoms with van der Waals surface area (Å²) in [4.78, 5) is 11.9. The maximum atomic E-state index is 11.9. The van der Waals surface area contributed by atoms with E-state index in [1.807, 2.05) is 18.2 Å². The lowest BCUT2D eigenvalue weighted by atomic mass is 10.0. The van der Waals surface area contributed by atoms with E-state index in [0.717, 1.165) is 18.4 Å². The van der Waals surface area contributed by atoms with Crippen LogP contribution in [0, 0.1) is 0 Å². The number of hydrogen-bond acceptors (Lipinski definition) is 2. The first-order chi connectivity index (χ1) is 12.5. The van der Waals surface area contributed by atoms with Gasteiger partial charge < -0.3 is 5.32 Å². The maximum Gasteiger partial charge on any atom is 0.230 e. The van der Waals surface area contributed by atoms with Crippen molar-refractivity contribution in [2.75, 3.05) is 12.3 Å². The Balaban J connectivity index is 1.63. The second-order valence-electron chi connectivity index (χ2n) is 6.54. The first-order valence-corrected chi connectivity index (χ1v) is 10.7. The van der Waals surface area contributed by atoms with Crippen LogP contribution in [-0.4, -0.2) is 18.2 Å². The van der Waals surface area contributed by atoms with E-state index in [4.69, 9.17) is 23.2 Å². The Labute approximate surface area is 170 Å². The SMILES string of the molecule is CC(C)c1ccc(CCCNC(=O)CSCc2c(Cl)cccc2Cl)cc1. The van der Waals surface area contributed by atoms with Crippen LogP contribution in [0.25, 0.3) is 0 Å². The largest absolute Gasteiger partial charge is 0.355 e. The van der Waals surface area contributed by atoms with Gasteiger partial charge in [-0.1, -0.05) is 67.4 Å². The van der Waals surface area contributed by atoms with Crippen molar-refractivity contribution in [1.82, 2.24) is 5.32 Å². The van der Waals surface area contributed by atoms with Gasteiger partial charge in [-0.05, 0) is 47.6 Å². The predicted octanol–water partition coefficient (Wildman–Crippen LogP) is 6.10. The van der Waals surface area contributed by atoms with Crippen LogP contribution < -0.4 is 5.32 Å². The van der Waals surface area contributed by atoms with E-state index in [2.05, 4.69) is 43.4 Å². The number of carbonyl (C=O) groups excluding carboxylic acids is 1. The molecule has 2 nitrogen and oxygen atoms in total. The number of benzene rings is 2. The molecule has 2 rings (SSSR count). The summed E-state index contributed by atoms with van der Waals surface area (Å²) in [5, 5.41) is 4.27. The lowest BCUT2D eigenvalue weighted by Crippen LogP contribution is -2.26. The molecule has 2 aromatic carbocycles. The summed E-state index contributed by atoms with van der Waals surface area (Å²) in [5.41, 5.74) is 3.56. The average molecular weight is 410 g/mol. The summed E-state index contributed by atoms with van der Waals surface area (Å²) in [6.45, 7) is 5.09. The minimum atomic E-state index is 0.0494. The third-order valence-corrected chi connectivity index (χ3v) is 5.82. The molecule has 0 unspecified atom stereocenters. The molecule has 0 bridgehead atoms. The minimum absolute atomic E-state index is 0.0494. The van der Waals surface area contributed by atoms with Crippen LogP contribution in [0.1, 0.15) is 42.9 Å². The third kappa shape index (κ3) is 6.86. The molecule has 1 amide bonds. The molecule has 0 aliphatic heterocycles. The first kappa shape index (κ1) is 21.1. The highest BCUT2D eigenvalue weighted by atomic mass is 35.5. The molecule has 0 saturated carbocycles. The van der Waals surface area contributed by atoms with E-state index in [0.29, 0.717) is 34.0 Å². The molecular weight excluding hydrogens is 385 g/mol. The molecule has 1 N–H and O–H groups in total. The highest BCUT2D eigenvalue weighted by Gasteiger charge is 2.07. The van der Waals surface area contributed by atoms with Gasteiger partial charge >= 0.3 is 0 Å². The Morgan fingerprint density at radius 1 is 1.08 bits per heavy atom. The van der Waals surface area contributed by atoms with E-state index in [1.54, 1.807) is 0 Å². The average Bonchev–Trinajstić information content (AvgIpc) is 2.61. The van der Waals surface area contributed by atoms with Crippen LogP contribution in [0.5, 0.6) is 0 Å². The maximum absolute atomic E-state index is 11.9. The molecule has 0 aliphatic rings. The summed E-state index contributed by atoms with van der Waals surface area (Å²) < 4.78 is 0. The van der Waals surface area contributed by atoms with Crippen molar-refractivity contribution in [1.29, 1.82) is 0 Å². The molecule has 0 saturated heterocycles. The normalized spacial score (nSPS) is 11.0. The molecule has 2 aromatic rings. The van der Waals surface area contributed by atoms with Gasteiger partial charge in [-0.15, -0.1) is 11.8 Å². The minimum Gasteiger partial charge on any atom is -0.355 e. The van der Waals surface area contributed by atoms with Crippen molar-refractivity contribution in [3.05, 3.63) is 69.2 Å². The van der Waals surface area contributed by atoms with Crippen molar-refractivity contribution < 1.29 is 4.79 Å². The molecule has 5 heteroatoms. The number of aryl methyl sites for hydroxylation is 1. The van der Waals surface area contributed by atoms with E-state index >= 15 is 0 Å². The zero-order valence-corrected chi connectivity index (χ0v) is 17.6. The van der Waals surface area contributed by atoms with Crippen LogP contribution in [0.4, 0.5) is 0 Å². The smallest absolute Gasteiger partial charge is 0.230 e. The molecule has 0 radical (unpaired) electrons.